The Bertz CT molecular complexity index is 1240. The fourth-order valence-corrected chi connectivity index (χ4v) is 5.13. The van der Waals surface area contributed by atoms with Gasteiger partial charge in [0.2, 0.25) is 0 Å². The lowest BCUT2D eigenvalue weighted by atomic mass is 10.0. The highest BCUT2D eigenvalue weighted by atomic mass is 19.2. The average molecular weight is 453 g/mol. The second-order valence-electron chi connectivity index (χ2n) is 8.93. The van der Waals surface area contributed by atoms with Gasteiger partial charge in [-0.05, 0) is 36.6 Å². The van der Waals surface area contributed by atoms with E-state index in [0.717, 1.165) is 19.2 Å². The van der Waals surface area contributed by atoms with Gasteiger partial charge in [-0.2, -0.15) is 5.10 Å². The smallest absolute Gasteiger partial charge is 0.272 e. The van der Waals surface area contributed by atoms with Crippen molar-refractivity contribution in [2.75, 3.05) is 26.2 Å². The van der Waals surface area contributed by atoms with Crippen LogP contribution in [0.4, 0.5) is 8.78 Å². The molecule has 5 rings (SSSR count). The number of aromatic amines is 1. The minimum absolute atomic E-state index is 0.157. The molecule has 0 radical (unpaired) electrons. The van der Waals surface area contributed by atoms with Crippen LogP contribution in [-0.4, -0.2) is 58.1 Å². The predicted octanol–water partition coefficient (Wildman–Crippen LogP) is 3.49. The molecule has 3 aromatic rings. The van der Waals surface area contributed by atoms with Crippen LogP contribution in [0.1, 0.15) is 47.3 Å². The van der Waals surface area contributed by atoms with Crippen molar-refractivity contribution < 1.29 is 13.6 Å². The van der Waals surface area contributed by atoms with Gasteiger partial charge >= 0.3 is 0 Å². The van der Waals surface area contributed by atoms with Gasteiger partial charge in [-0.15, -0.1) is 0 Å². The number of hydrogen-bond acceptors (Lipinski definition) is 4. The van der Waals surface area contributed by atoms with Gasteiger partial charge in [-0.1, -0.05) is 31.0 Å². The molecule has 2 heterocycles. The van der Waals surface area contributed by atoms with Gasteiger partial charge in [-0.3, -0.25) is 14.5 Å². The molecule has 2 fully saturated rings. The normalized spacial score (nSPS) is 17.7. The first kappa shape index (κ1) is 21.7. The summed E-state index contributed by atoms with van der Waals surface area (Å²) in [5.74, 6) is -2.67. The minimum Gasteiger partial charge on any atom is -0.336 e. The Hall–Kier alpha value is -3.13. The number of nitrogens with one attached hydrogen (secondary N) is 1. The first-order valence-electron chi connectivity index (χ1n) is 11.5. The number of fused-ring (bicyclic) bond motifs is 1. The van der Waals surface area contributed by atoms with E-state index in [0.29, 0.717) is 41.2 Å². The van der Waals surface area contributed by atoms with Crippen molar-refractivity contribution in [3.8, 4) is 0 Å². The molecule has 8 heteroatoms. The van der Waals surface area contributed by atoms with Crippen molar-refractivity contribution in [1.82, 2.24) is 20.0 Å². The number of hydrogen-bond donors (Lipinski definition) is 1. The van der Waals surface area contributed by atoms with Crippen molar-refractivity contribution >= 4 is 16.7 Å². The lowest BCUT2D eigenvalue weighted by Gasteiger charge is -2.38. The molecule has 1 saturated heterocycles. The second kappa shape index (κ2) is 9.02. The van der Waals surface area contributed by atoms with E-state index in [9.17, 15) is 18.4 Å². The van der Waals surface area contributed by atoms with Gasteiger partial charge in [0.25, 0.3) is 11.5 Å². The molecule has 6 nitrogen and oxygen atoms in total. The van der Waals surface area contributed by atoms with Crippen LogP contribution in [0.5, 0.6) is 0 Å². The maximum atomic E-state index is 14.7. The quantitative estimate of drug-likeness (QED) is 0.658. The van der Waals surface area contributed by atoms with E-state index < -0.39 is 17.5 Å². The Morgan fingerprint density at radius 2 is 1.73 bits per heavy atom. The van der Waals surface area contributed by atoms with E-state index in [1.165, 1.54) is 31.7 Å². The number of amides is 1. The first-order chi connectivity index (χ1) is 16.0. The van der Waals surface area contributed by atoms with Crippen LogP contribution in [0.3, 0.4) is 0 Å². The van der Waals surface area contributed by atoms with Crippen LogP contribution in [0, 0.1) is 11.6 Å². The summed E-state index contributed by atoms with van der Waals surface area (Å²) in [4.78, 5) is 29.2. The number of rotatable bonds is 4. The van der Waals surface area contributed by atoms with Crippen LogP contribution in [0.25, 0.3) is 10.8 Å². The van der Waals surface area contributed by atoms with Crippen LogP contribution in [-0.2, 0) is 6.42 Å². The second-order valence-corrected chi connectivity index (χ2v) is 8.93. The summed E-state index contributed by atoms with van der Waals surface area (Å²) in [5, 5.41) is 7.68. The zero-order valence-corrected chi connectivity index (χ0v) is 18.3. The molecular formula is C25H26F2N4O2. The number of piperazine rings is 1. The van der Waals surface area contributed by atoms with Gasteiger partial charge in [0.05, 0.1) is 16.6 Å². The summed E-state index contributed by atoms with van der Waals surface area (Å²) >= 11 is 0. The molecule has 1 aliphatic heterocycles. The lowest BCUT2D eigenvalue weighted by Crippen LogP contribution is -2.51. The maximum Gasteiger partial charge on any atom is 0.272 e. The minimum atomic E-state index is -1.12. The van der Waals surface area contributed by atoms with E-state index in [4.69, 9.17) is 0 Å². The Balaban J connectivity index is 1.38. The fourth-order valence-electron chi connectivity index (χ4n) is 5.13. The molecule has 0 bridgehead atoms. The van der Waals surface area contributed by atoms with Crippen LogP contribution >= 0.6 is 0 Å². The van der Waals surface area contributed by atoms with E-state index in [-0.39, 0.29) is 17.5 Å². The molecule has 1 saturated carbocycles. The van der Waals surface area contributed by atoms with Gasteiger partial charge in [0, 0.05) is 44.0 Å². The number of benzene rings is 2. The number of H-pyrrole nitrogens is 1. The van der Waals surface area contributed by atoms with E-state index in [1.54, 1.807) is 29.2 Å². The van der Waals surface area contributed by atoms with E-state index >= 15 is 0 Å². The van der Waals surface area contributed by atoms with Crippen molar-refractivity contribution in [1.29, 1.82) is 0 Å². The SMILES string of the molecule is O=C(c1cc(Cc2n[nH]c(=O)c3ccccc23)cc(F)c1F)N1CCN(C2CCCC2)CC1. The zero-order chi connectivity index (χ0) is 22.9. The van der Waals surface area contributed by atoms with E-state index in [1.807, 2.05) is 0 Å². The molecule has 0 unspecified atom stereocenters. The Labute approximate surface area is 190 Å². The summed E-state index contributed by atoms with van der Waals surface area (Å²) in [6, 6.07) is 10.1. The van der Waals surface area contributed by atoms with Gasteiger partial charge < -0.3 is 4.90 Å². The third-order valence-electron chi connectivity index (χ3n) is 6.91. The summed E-state index contributed by atoms with van der Waals surface area (Å²) < 4.78 is 29.1. The Morgan fingerprint density at radius 3 is 2.45 bits per heavy atom. The Kier molecular flexibility index (Phi) is 5.93. The van der Waals surface area contributed by atoms with Gasteiger partial charge in [-0.25, -0.2) is 13.9 Å². The average Bonchev–Trinajstić information content (AvgIpc) is 3.38. The summed E-state index contributed by atoms with van der Waals surface area (Å²) in [7, 11) is 0. The number of nitrogens with zero attached hydrogens (tertiary/aromatic N) is 3. The topological polar surface area (TPSA) is 69.3 Å². The fraction of sp³-hybridized carbons (Fsp3) is 0.400. The highest BCUT2D eigenvalue weighted by molar-refractivity contribution is 5.95. The van der Waals surface area contributed by atoms with Crippen molar-refractivity contribution in [2.24, 2.45) is 0 Å². The predicted molar refractivity (Wildman–Crippen MR) is 121 cm³/mol. The molecule has 33 heavy (non-hydrogen) atoms. The molecule has 2 aromatic carbocycles. The van der Waals surface area contributed by atoms with Crippen LogP contribution in [0.2, 0.25) is 0 Å². The molecule has 0 spiro atoms. The Morgan fingerprint density at radius 1 is 1.03 bits per heavy atom. The van der Waals surface area contributed by atoms with Gasteiger partial charge in [0.1, 0.15) is 0 Å². The van der Waals surface area contributed by atoms with Crippen LogP contribution < -0.4 is 5.56 Å². The molecule has 1 aliphatic carbocycles. The van der Waals surface area contributed by atoms with Crippen molar-refractivity contribution in [3.63, 3.8) is 0 Å². The molecular weight excluding hydrogens is 426 g/mol. The maximum absolute atomic E-state index is 14.7. The largest absolute Gasteiger partial charge is 0.336 e. The van der Waals surface area contributed by atoms with Gasteiger partial charge in [0.15, 0.2) is 11.6 Å². The zero-order valence-electron chi connectivity index (χ0n) is 18.3. The number of aromatic nitrogens is 2. The van der Waals surface area contributed by atoms with Crippen molar-refractivity contribution in [3.05, 3.63) is 75.2 Å². The third kappa shape index (κ3) is 4.27. The molecule has 1 amide bonds. The monoisotopic (exact) mass is 452 g/mol. The molecule has 1 aromatic heterocycles. The third-order valence-corrected chi connectivity index (χ3v) is 6.91. The lowest BCUT2D eigenvalue weighted by molar-refractivity contribution is 0.0568. The number of carbonyl (C=O) groups is 1. The number of halogens is 2. The summed E-state index contributed by atoms with van der Waals surface area (Å²) in [5.41, 5.74) is 0.381. The molecule has 172 valence electrons. The standard InChI is InChI=1S/C25H26F2N4O2/c26-21-14-16(15-22-18-7-3-4-8-19(18)24(32)29-28-22)13-20(23(21)27)25(33)31-11-9-30(10-12-31)17-5-1-2-6-17/h3-4,7-8,13-14,17H,1-2,5-6,9-12,15H2,(H,29,32). The van der Waals surface area contributed by atoms with Crippen LogP contribution in [0.15, 0.2) is 41.2 Å². The molecule has 0 atom stereocenters. The summed E-state index contributed by atoms with van der Waals surface area (Å²) in [6.07, 6.45) is 5.05. The van der Waals surface area contributed by atoms with Crippen molar-refractivity contribution in [2.45, 2.75) is 38.1 Å². The first-order valence-corrected chi connectivity index (χ1v) is 11.5. The summed E-state index contributed by atoms with van der Waals surface area (Å²) in [6.45, 7) is 2.53. The molecule has 1 N–H and O–H groups in total. The highest BCUT2D eigenvalue weighted by Gasteiger charge is 2.30. The number of carbonyl (C=O) groups excluding carboxylic acids is 1. The van der Waals surface area contributed by atoms with E-state index in [2.05, 4.69) is 15.1 Å². The molecule has 2 aliphatic rings. The highest BCUT2D eigenvalue weighted by Crippen LogP contribution is 2.26.